The highest BCUT2D eigenvalue weighted by atomic mass is 32.2. The SMILES string of the molecule is CCCC1CC1NS(=O)(=O)c1cc(C)cc(N)c1C. The molecule has 0 radical (unpaired) electrons. The normalized spacial score (nSPS) is 22.5. The molecule has 0 amide bonds. The lowest BCUT2D eigenvalue weighted by Gasteiger charge is -2.12. The zero-order valence-corrected chi connectivity index (χ0v) is 12.5. The quantitative estimate of drug-likeness (QED) is 0.814. The first-order valence-electron chi connectivity index (χ1n) is 6.74. The number of benzene rings is 1. The van der Waals surface area contributed by atoms with Crippen LogP contribution < -0.4 is 10.5 Å². The number of aryl methyl sites for hydroxylation is 1. The Balaban J connectivity index is 2.21. The van der Waals surface area contributed by atoms with Crippen molar-refractivity contribution in [2.24, 2.45) is 5.92 Å². The zero-order valence-electron chi connectivity index (χ0n) is 11.7. The van der Waals surface area contributed by atoms with Crippen LogP contribution in [0.1, 0.15) is 37.3 Å². The molecule has 2 atom stereocenters. The average molecular weight is 282 g/mol. The van der Waals surface area contributed by atoms with Crippen LogP contribution in [0.2, 0.25) is 0 Å². The third-order valence-corrected chi connectivity index (χ3v) is 5.34. The molecule has 1 saturated carbocycles. The minimum Gasteiger partial charge on any atom is -0.398 e. The van der Waals surface area contributed by atoms with Gasteiger partial charge >= 0.3 is 0 Å². The van der Waals surface area contributed by atoms with Crippen LogP contribution in [0.25, 0.3) is 0 Å². The van der Waals surface area contributed by atoms with Crippen molar-refractivity contribution < 1.29 is 8.42 Å². The van der Waals surface area contributed by atoms with Crippen molar-refractivity contribution in [3.05, 3.63) is 23.3 Å². The molecule has 3 N–H and O–H groups in total. The standard InChI is InChI=1S/C14H22N2O2S/c1-4-5-11-8-13(11)16-19(17,18)14-7-9(2)6-12(15)10(14)3/h6-7,11,13,16H,4-5,8,15H2,1-3H3. The summed E-state index contributed by atoms with van der Waals surface area (Å²) in [7, 11) is -3.45. The van der Waals surface area contributed by atoms with Crippen LogP contribution in [0.4, 0.5) is 5.69 Å². The molecule has 5 heteroatoms. The molecule has 0 saturated heterocycles. The summed E-state index contributed by atoms with van der Waals surface area (Å²) in [6.07, 6.45) is 3.13. The van der Waals surface area contributed by atoms with Gasteiger partial charge in [0.25, 0.3) is 0 Å². The molecular formula is C14H22N2O2S. The summed E-state index contributed by atoms with van der Waals surface area (Å²) in [5.74, 6) is 0.502. The van der Waals surface area contributed by atoms with Crippen LogP contribution in [0, 0.1) is 19.8 Å². The third kappa shape index (κ3) is 3.09. The van der Waals surface area contributed by atoms with Gasteiger partial charge in [-0.3, -0.25) is 0 Å². The van der Waals surface area contributed by atoms with Crippen LogP contribution in [0.15, 0.2) is 17.0 Å². The fraction of sp³-hybridized carbons (Fsp3) is 0.571. The minimum absolute atomic E-state index is 0.103. The Morgan fingerprint density at radius 1 is 1.37 bits per heavy atom. The van der Waals surface area contributed by atoms with Crippen molar-refractivity contribution in [1.82, 2.24) is 4.72 Å². The lowest BCUT2D eigenvalue weighted by Crippen LogP contribution is -2.28. The van der Waals surface area contributed by atoms with Gasteiger partial charge in [0.15, 0.2) is 0 Å². The Labute approximate surface area is 115 Å². The minimum atomic E-state index is -3.45. The van der Waals surface area contributed by atoms with Gasteiger partial charge in [-0.2, -0.15) is 0 Å². The maximum atomic E-state index is 12.4. The summed E-state index contributed by atoms with van der Waals surface area (Å²) in [6.45, 7) is 5.72. The second-order valence-corrected chi connectivity index (χ2v) is 7.17. The van der Waals surface area contributed by atoms with Crippen molar-refractivity contribution >= 4 is 15.7 Å². The van der Waals surface area contributed by atoms with Gasteiger partial charge in [-0.05, 0) is 55.9 Å². The summed E-state index contributed by atoms with van der Waals surface area (Å²) >= 11 is 0. The number of nitrogen functional groups attached to an aromatic ring is 1. The Hall–Kier alpha value is -1.07. The van der Waals surface area contributed by atoms with Gasteiger partial charge < -0.3 is 5.73 Å². The lowest BCUT2D eigenvalue weighted by molar-refractivity contribution is 0.572. The van der Waals surface area contributed by atoms with E-state index in [-0.39, 0.29) is 6.04 Å². The van der Waals surface area contributed by atoms with Crippen molar-refractivity contribution in [2.75, 3.05) is 5.73 Å². The second-order valence-electron chi connectivity index (χ2n) is 5.49. The topological polar surface area (TPSA) is 72.2 Å². The predicted octanol–water partition coefficient (Wildman–Crippen LogP) is 2.35. The Morgan fingerprint density at radius 3 is 2.68 bits per heavy atom. The number of nitrogens with one attached hydrogen (secondary N) is 1. The molecule has 0 aliphatic heterocycles. The summed E-state index contributed by atoms with van der Waals surface area (Å²) in [6, 6.07) is 3.59. The maximum absolute atomic E-state index is 12.4. The largest absolute Gasteiger partial charge is 0.398 e. The van der Waals surface area contributed by atoms with Crippen LogP contribution in [0.5, 0.6) is 0 Å². The monoisotopic (exact) mass is 282 g/mol. The van der Waals surface area contributed by atoms with Gasteiger partial charge in [0.05, 0.1) is 4.90 Å². The molecule has 4 nitrogen and oxygen atoms in total. The molecular weight excluding hydrogens is 260 g/mol. The van der Waals surface area contributed by atoms with Crippen molar-refractivity contribution in [2.45, 2.75) is 51.0 Å². The molecule has 1 aromatic carbocycles. The van der Waals surface area contributed by atoms with Crippen molar-refractivity contribution in [3.63, 3.8) is 0 Å². The Kier molecular flexibility index (Phi) is 3.87. The van der Waals surface area contributed by atoms with E-state index in [9.17, 15) is 8.42 Å². The van der Waals surface area contributed by atoms with Crippen molar-refractivity contribution in [1.29, 1.82) is 0 Å². The lowest BCUT2D eigenvalue weighted by atomic mass is 10.1. The number of rotatable bonds is 5. The zero-order chi connectivity index (χ0) is 14.2. The first-order chi connectivity index (χ1) is 8.85. The number of hydrogen-bond donors (Lipinski definition) is 2. The number of sulfonamides is 1. The number of hydrogen-bond acceptors (Lipinski definition) is 3. The van der Waals surface area contributed by atoms with Gasteiger partial charge in [0.1, 0.15) is 0 Å². The highest BCUT2D eigenvalue weighted by molar-refractivity contribution is 7.89. The third-order valence-electron chi connectivity index (χ3n) is 3.72. The van der Waals surface area contributed by atoms with E-state index in [1.165, 1.54) is 0 Å². The highest BCUT2D eigenvalue weighted by Gasteiger charge is 2.39. The molecule has 0 heterocycles. The van der Waals surface area contributed by atoms with Gasteiger partial charge in [0, 0.05) is 11.7 Å². The van der Waals surface area contributed by atoms with E-state index in [2.05, 4.69) is 11.6 Å². The van der Waals surface area contributed by atoms with Gasteiger partial charge in [-0.1, -0.05) is 13.3 Å². The fourth-order valence-electron chi connectivity index (χ4n) is 2.48. The number of nitrogens with two attached hydrogens (primary N) is 1. The molecule has 1 aliphatic rings. The summed E-state index contributed by atoms with van der Waals surface area (Å²) in [5.41, 5.74) is 7.87. The predicted molar refractivity (Wildman–Crippen MR) is 77.5 cm³/mol. The van der Waals surface area contributed by atoms with Gasteiger partial charge in [-0.15, -0.1) is 0 Å². The van der Waals surface area contributed by atoms with E-state index in [1.54, 1.807) is 19.1 Å². The van der Waals surface area contributed by atoms with Gasteiger partial charge in [-0.25, -0.2) is 13.1 Å². The van der Waals surface area contributed by atoms with Gasteiger partial charge in [0.2, 0.25) is 10.0 Å². The summed E-state index contributed by atoms with van der Waals surface area (Å²) < 4.78 is 27.6. The van der Waals surface area contributed by atoms with E-state index in [4.69, 9.17) is 5.73 Å². The fourth-order valence-corrected chi connectivity index (χ4v) is 4.15. The van der Waals surface area contributed by atoms with E-state index < -0.39 is 10.0 Å². The Bertz CT molecular complexity index is 581. The van der Waals surface area contributed by atoms with Crippen LogP contribution in [-0.2, 0) is 10.0 Å². The Morgan fingerprint density at radius 2 is 2.05 bits per heavy atom. The smallest absolute Gasteiger partial charge is 0.241 e. The molecule has 2 unspecified atom stereocenters. The molecule has 0 bridgehead atoms. The molecule has 0 aromatic heterocycles. The van der Waals surface area contributed by atoms with E-state index in [0.29, 0.717) is 22.1 Å². The number of anilines is 1. The summed E-state index contributed by atoms with van der Waals surface area (Å²) in [5, 5.41) is 0. The highest BCUT2D eigenvalue weighted by Crippen LogP contribution is 2.36. The summed E-state index contributed by atoms with van der Waals surface area (Å²) in [4.78, 5) is 0.312. The van der Waals surface area contributed by atoms with Crippen LogP contribution >= 0.6 is 0 Å². The maximum Gasteiger partial charge on any atom is 0.241 e. The van der Waals surface area contributed by atoms with E-state index in [0.717, 1.165) is 24.8 Å². The molecule has 19 heavy (non-hydrogen) atoms. The van der Waals surface area contributed by atoms with Crippen LogP contribution in [0.3, 0.4) is 0 Å². The second kappa shape index (κ2) is 5.13. The molecule has 0 spiro atoms. The molecule has 106 valence electrons. The molecule has 1 aromatic rings. The molecule has 1 aliphatic carbocycles. The molecule has 1 fully saturated rings. The first-order valence-corrected chi connectivity index (χ1v) is 8.22. The van der Waals surface area contributed by atoms with Crippen LogP contribution in [-0.4, -0.2) is 14.5 Å². The van der Waals surface area contributed by atoms with E-state index >= 15 is 0 Å². The first kappa shape index (κ1) is 14.3. The van der Waals surface area contributed by atoms with E-state index in [1.807, 2.05) is 6.92 Å². The van der Waals surface area contributed by atoms with Crippen molar-refractivity contribution in [3.8, 4) is 0 Å². The molecule has 2 rings (SSSR count). The average Bonchev–Trinajstić information content (AvgIpc) is 3.01.